The first-order valence-corrected chi connectivity index (χ1v) is 31.5. The van der Waals surface area contributed by atoms with Crippen molar-refractivity contribution < 1.29 is 15.9 Å². The molecule has 0 aliphatic heterocycles. The summed E-state index contributed by atoms with van der Waals surface area (Å²) < 4.78 is 1.14. The summed E-state index contributed by atoms with van der Waals surface area (Å²) in [5.74, 6) is 0. The summed E-state index contributed by atoms with van der Waals surface area (Å²) in [6, 6.07) is 54.0. The van der Waals surface area contributed by atoms with E-state index in [0.717, 1.165) is 25.7 Å². The molecule has 8 aromatic rings. The van der Waals surface area contributed by atoms with Crippen molar-refractivity contribution in [2.45, 2.75) is 60.6 Å². The third kappa shape index (κ3) is 5.60. The SMILES string of the molecule is CCCC1=Cc2c(-c3cc4ccccc4c4ccccc34)cccc2[CH]1[Zr]([Cl])([Cl])(=[C](C)C)[CH]1C(CCC)=Cc2c(-c3cc4ccccc4c4ccccc34)cccc21. The summed E-state index contributed by atoms with van der Waals surface area (Å²) in [4.78, 5) is 0. The van der Waals surface area contributed by atoms with Gasteiger partial charge in [0.2, 0.25) is 0 Å². The van der Waals surface area contributed by atoms with Crippen LogP contribution in [0.1, 0.15) is 82.9 Å². The molecular formula is C55H48Cl2Zr. The van der Waals surface area contributed by atoms with Crippen molar-refractivity contribution in [2.24, 2.45) is 0 Å². The molecule has 0 N–H and O–H groups in total. The molecule has 0 amide bonds. The van der Waals surface area contributed by atoms with Gasteiger partial charge in [-0.3, -0.25) is 0 Å². The Hall–Kier alpha value is -4.39. The average Bonchev–Trinajstić information content (AvgIpc) is 3.83. The number of rotatable bonds is 8. The standard InChI is InChI=1S/2C26H21.C3H6.2ClH.Zr/c2*1-2-8-18-15-19-10-7-14-24(25(19)16-18)26-17-20-9-3-4-11-21(20)22-12-5-6-13-23(22)26;1-3-2;;;/h2*3-7,9-17H,2,8H2,1H3;1-2H3;2*1H;/q;;;;;+2/p-2. The molecule has 2 aliphatic carbocycles. The number of hydrogen-bond donors (Lipinski definition) is 0. The maximum absolute atomic E-state index is 8.86. The first-order chi connectivity index (χ1) is 28.2. The number of fused-ring (bicyclic) bond motifs is 8. The Morgan fingerprint density at radius 1 is 0.448 bits per heavy atom. The quantitative estimate of drug-likeness (QED) is 0.133. The zero-order valence-electron chi connectivity index (χ0n) is 33.8. The van der Waals surface area contributed by atoms with Gasteiger partial charge >= 0.3 is 353 Å². The first kappa shape index (κ1) is 37.9. The molecule has 2 aliphatic rings. The van der Waals surface area contributed by atoms with E-state index < -0.39 is 15.9 Å². The van der Waals surface area contributed by atoms with Gasteiger partial charge in [0.1, 0.15) is 0 Å². The Kier molecular flexibility index (Phi) is 9.41. The van der Waals surface area contributed by atoms with Crippen LogP contribution in [0.3, 0.4) is 0 Å². The van der Waals surface area contributed by atoms with E-state index in [-0.39, 0.29) is 7.25 Å². The third-order valence-corrected chi connectivity index (χ3v) is 36.4. The molecule has 10 rings (SSSR count). The van der Waals surface area contributed by atoms with Gasteiger partial charge in [-0.2, -0.15) is 0 Å². The monoisotopic (exact) mass is 868 g/mol. The van der Waals surface area contributed by atoms with Gasteiger partial charge in [0, 0.05) is 0 Å². The second kappa shape index (κ2) is 14.4. The zero-order valence-corrected chi connectivity index (χ0v) is 37.7. The molecule has 0 bridgehead atoms. The topological polar surface area (TPSA) is 0 Å². The van der Waals surface area contributed by atoms with Crippen molar-refractivity contribution >= 4 is 75.5 Å². The van der Waals surface area contributed by atoms with E-state index in [1.807, 2.05) is 0 Å². The number of allylic oxidation sites excluding steroid dienone is 2. The van der Waals surface area contributed by atoms with Gasteiger partial charge in [-0.25, -0.2) is 0 Å². The minimum atomic E-state index is -5.24. The second-order valence-electron chi connectivity index (χ2n) is 17.0. The van der Waals surface area contributed by atoms with Crippen LogP contribution in [0.15, 0.2) is 157 Å². The van der Waals surface area contributed by atoms with Crippen LogP contribution in [0.4, 0.5) is 0 Å². The van der Waals surface area contributed by atoms with Crippen molar-refractivity contribution in [1.82, 2.24) is 0 Å². The molecule has 0 aromatic heterocycles. The second-order valence-corrected chi connectivity index (χ2v) is 38.7. The van der Waals surface area contributed by atoms with E-state index in [1.54, 1.807) is 0 Å². The van der Waals surface area contributed by atoms with Crippen LogP contribution in [-0.4, -0.2) is 3.21 Å². The fourth-order valence-electron chi connectivity index (χ4n) is 11.0. The molecule has 0 nitrogen and oxygen atoms in total. The van der Waals surface area contributed by atoms with Gasteiger partial charge in [0.15, 0.2) is 0 Å². The zero-order chi connectivity index (χ0) is 39.8. The van der Waals surface area contributed by atoms with Gasteiger partial charge < -0.3 is 0 Å². The van der Waals surface area contributed by atoms with Crippen LogP contribution < -0.4 is 0 Å². The van der Waals surface area contributed by atoms with E-state index in [1.165, 1.54) is 102 Å². The van der Waals surface area contributed by atoms with E-state index in [2.05, 4.69) is 185 Å². The van der Waals surface area contributed by atoms with Crippen LogP contribution in [0, 0.1) is 0 Å². The van der Waals surface area contributed by atoms with Crippen LogP contribution in [0.5, 0.6) is 0 Å². The predicted molar refractivity (Wildman–Crippen MR) is 253 cm³/mol. The maximum atomic E-state index is 8.86. The Labute approximate surface area is 350 Å². The molecule has 0 fully saturated rings. The minimum absolute atomic E-state index is 0.0437. The predicted octanol–water partition coefficient (Wildman–Crippen LogP) is 17.0. The van der Waals surface area contributed by atoms with E-state index in [4.69, 9.17) is 17.0 Å². The van der Waals surface area contributed by atoms with Crippen molar-refractivity contribution in [2.75, 3.05) is 0 Å². The van der Waals surface area contributed by atoms with Crippen molar-refractivity contribution in [3.8, 4) is 22.3 Å². The van der Waals surface area contributed by atoms with Gasteiger partial charge in [-0.1, -0.05) is 0 Å². The summed E-state index contributed by atoms with van der Waals surface area (Å²) in [5.41, 5.74) is 13.0. The molecule has 3 heteroatoms. The fourth-order valence-corrected chi connectivity index (χ4v) is 29.2. The molecule has 0 saturated heterocycles. The molecule has 2 unspecified atom stereocenters. The van der Waals surface area contributed by atoms with Crippen molar-refractivity contribution in [3.05, 3.63) is 179 Å². The molecule has 2 atom stereocenters. The molecule has 0 spiro atoms. The van der Waals surface area contributed by atoms with Crippen molar-refractivity contribution in [3.63, 3.8) is 0 Å². The number of hydrogen-bond acceptors (Lipinski definition) is 0. The molecule has 0 radical (unpaired) electrons. The number of benzene rings is 8. The van der Waals surface area contributed by atoms with Crippen LogP contribution in [-0.2, 0) is 15.9 Å². The third-order valence-electron chi connectivity index (χ3n) is 13.5. The van der Waals surface area contributed by atoms with E-state index >= 15 is 0 Å². The summed E-state index contributed by atoms with van der Waals surface area (Å²) >= 11 is -5.24. The summed E-state index contributed by atoms with van der Waals surface area (Å²) in [5, 5.41) is 10.2. The molecule has 8 aromatic carbocycles. The summed E-state index contributed by atoms with van der Waals surface area (Å²) in [6.07, 6.45) is 8.99. The molecule has 0 saturated carbocycles. The fraction of sp³-hybridized carbons (Fsp3) is 0.182. The Bertz CT molecular complexity index is 2930. The Balaban J connectivity index is 1.21. The molecule has 286 valence electrons. The van der Waals surface area contributed by atoms with Crippen LogP contribution in [0.2, 0.25) is 0 Å². The molecular weight excluding hydrogens is 823 g/mol. The Morgan fingerprint density at radius 3 is 1.22 bits per heavy atom. The molecule has 58 heavy (non-hydrogen) atoms. The van der Waals surface area contributed by atoms with Crippen LogP contribution in [0.25, 0.3) is 77.5 Å². The summed E-state index contributed by atoms with van der Waals surface area (Å²) in [7, 11) is 17.7. The Morgan fingerprint density at radius 2 is 0.828 bits per heavy atom. The van der Waals surface area contributed by atoms with Gasteiger partial charge in [-0.15, -0.1) is 0 Å². The summed E-state index contributed by atoms with van der Waals surface area (Å²) in [6.45, 7) is 9.10. The van der Waals surface area contributed by atoms with Gasteiger partial charge in [0.25, 0.3) is 0 Å². The van der Waals surface area contributed by atoms with Crippen LogP contribution >= 0.6 is 17.0 Å². The average molecular weight is 871 g/mol. The number of halogens is 2. The molecule has 0 heterocycles. The normalized spacial score (nSPS) is 16.5. The van der Waals surface area contributed by atoms with Gasteiger partial charge in [-0.05, 0) is 0 Å². The van der Waals surface area contributed by atoms with Gasteiger partial charge in [0.05, 0.1) is 0 Å². The van der Waals surface area contributed by atoms with E-state index in [0.29, 0.717) is 0 Å². The van der Waals surface area contributed by atoms with E-state index in [9.17, 15) is 0 Å². The first-order valence-electron chi connectivity index (χ1n) is 21.1. The van der Waals surface area contributed by atoms with Crippen molar-refractivity contribution in [1.29, 1.82) is 0 Å².